The number of carbonyl (C=O) groups is 1. The van der Waals surface area contributed by atoms with Crippen LogP contribution in [0.3, 0.4) is 0 Å². The van der Waals surface area contributed by atoms with Crippen molar-refractivity contribution < 1.29 is 9.90 Å². The highest BCUT2D eigenvalue weighted by Gasteiger charge is 2.45. The largest absolute Gasteiger partial charge is 0.380 e. The Kier molecular flexibility index (Phi) is 2.42. The second kappa shape index (κ2) is 3.05. The van der Waals surface area contributed by atoms with Crippen molar-refractivity contribution in [2.45, 2.75) is 45.3 Å². The van der Waals surface area contributed by atoms with Crippen LogP contribution in [0.25, 0.3) is 0 Å². The number of carbonyl (C=O) groups excluding carboxylic acids is 1. The molecule has 3 nitrogen and oxygen atoms in total. The van der Waals surface area contributed by atoms with E-state index in [1.54, 1.807) is 6.92 Å². The predicted molar refractivity (Wildman–Crippen MR) is 46.6 cm³/mol. The first-order chi connectivity index (χ1) is 5.44. The lowest BCUT2D eigenvalue weighted by Gasteiger charge is -2.23. The molecule has 12 heavy (non-hydrogen) atoms. The summed E-state index contributed by atoms with van der Waals surface area (Å²) >= 11 is 0. The number of nitrogens with one attached hydrogen (secondary N) is 1. The molecule has 1 rings (SSSR count). The van der Waals surface area contributed by atoms with E-state index in [4.69, 9.17) is 0 Å². The monoisotopic (exact) mass is 171 g/mol. The van der Waals surface area contributed by atoms with Crippen molar-refractivity contribution in [1.82, 2.24) is 5.32 Å². The van der Waals surface area contributed by atoms with Gasteiger partial charge in [0.15, 0.2) is 0 Å². The lowest BCUT2D eigenvalue weighted by atomic mass is 9.99. The molecule has 0 saturated heterocycles. The van der Waals surface area contributed by atoms with Crippen molar-refractivity contribution in [3.63, 3.8) is 0 Å². The summed E-state index contributed by atoms with van der Waals surface area (Å²) in [6.45, 7) is 5.38. The van der Waals surface area contributed by atoms with Gasteiger partial charge in [0.1, 0.15) is 5.60 Å². The van der Waals surface area contributed by atoms with E-state index in [1.807, 2.05) is 13.8 Å². The topological polar surface area (TPSA) is 49.3 Å². The Morgan fingerprint density at radius 3 is 2.42 bits per heavy atom. The van der Waals surface area contributed by atoms with Crippen LogP contribution < -0.4 is 5.32 Å². The fourth-order valence-electron chi connectivity index (χ4n) is 1.24. The van der Waals surface area contributed by atoms with Crippen LogP contribution in [0.4, 0.5) is 0 Å². The van der Waals surface area contributed by atoms with Gasteiger partial charge in [0.05, 0.1) is 0 Å². The summed E-state index contributed by atoms with van der Waals surface area (Å²) in [5.41, 5.74) is -1.15. The Bertz CT molecular complexity index is 183. The third-order valence-corrected chi connectivity index (χ3v) is 2.25. The van der Waals surface area contributed by atoms with Crippen molar-refractivity contribution in [1.29, 1.82) is 0 Å². The van der Waals surface area contributed by atoms with Crippen molar-refractivity contribution in [3.05, 3.63) is 0 Å². The van der Waals surface area contributed by atoms with Crippen molar-refractivity contribution >= 4 is 5.91 Å². The second-order valence-electron chi connectivity index (χ2n) is 4.05. The Balaban J connectivity index is 2.49. The highest BCUT2D eigenvalue weighted by molar-refractivity contribution is 5.85. The Labute approximate surface area is 73.2 Å². The van der Waals surface area contributed by atoms with Crippen LogP contribution in [-0.2, 0) is 4.79 Å². The van der Waals surface area contributed by atoms with E-state index in [2.05, 4.69) is 5.32 Å². The van der Waals surface area contributed by atoms with Crippen LogP contribution in [0.5, 0.6) is 0 Å². The van der Waals surface area contributed by atoms with Crippen LogP contribution in [0, 0.1) is 5.92 Å². The van der Waals surface area contributed by atoms with Gasteiger partial charge in [-0.2, -0.15) is 0 Å². The highest BCUT2D eigenvalue weighted by atomic mass is 16.3. The molecule has 70 valence electrons. The standard InChI is InChI=1S/C9H17NO2/c1-6(2)10-8(11)9(3,12)7-4-5-7/h6-7,12H,4-5H2,1-3H3,(H,10,11). The zero-order chi connectivity index (χ0) is 9.35. The van der Waals surface area contributed by atoms with E-state index < -0.39 is 5.60 Å². The Hall–Kier alpha value is -0.570. The minimum absolute atomic E-state index is 0.0997. The van der Waals surface area contributed by atoms with Gasteiger partial charge in [0.2, 0.25) is 0 Å². The van der Waals surface area contributed by atoms with Gasteiger partial charge >= 0.3 is 0 Å². The average Bonchev–Trinajstić information content (AvgIpc) is 2.65. The first-order valence-corrected chi connectivity index (χ1v) is 4.48. The van der Waals surface area contributed by atoms with Crippen LogP contribution in [0.1, 0.15) is 33.6 Å². The summed E-state index contributed by atoms with van der Waals surface area (Å²) in [5, 5.41) is 12.5. The van der Waals surface area contributed by atoms with E-state index >= 15 is 0 Å². The van der Waals surface area contributed by atoms with Crippen molar-refractivity contribution in [2.24, 2.45) is 5.92 Å². The maximum atomic E-state index is 11.4. The van der Waals surface area contributed by atoms with Crippen molar-refractivity contribution in [2.75, 3.05) is 0 Å². The molecular formula is C9H17NO2. The molecule has 1 fully saturated rings. The molecule has 0 aromatic rings. The van der Waals surface area contributed by atoms with Gasteiger partial charge in [-0.25, -0.2) is 0 Å². The fourth-order valence-corrected chi connectivity index (χ4v) is 1.24. The van der Waals surface area contributed by atoms with Crippen LogP contribution in [-0.4, -0.2) is 22.7 Å². The van der Waals surface area contributed by atoms with Gasteiger partial charge in [-0.1, -0.05) is 0 Å². The molecular weight excluding hydrogens is 154 g/mol. The molecule has 0 aliphatic heterocycles. The molecule has 3 heteroatoms. The highest BCUT2D eigenvalue weighted by Crippen LogP contribution is 2.39. The molecule has 0 spiro atoms. The summed E-state index contributed by atoms with van der Waals surface area (Å²) in [6.07, 6.45) is 1.94. The third-order valence-electron chi connectivity index (χ3n) is 2.25. The van der Waals surface area contributed by atoms with Crippen LogP contribution >= 0.6 is 0 Å². The Morgan fingerprint density at radius 1 is 1.58 bits per heavy atom. The lowest BCUT2D eigenvalue weighted by molar-refractivity contribution is -0.140. The first kappa shape index (κ1) is 9.52. The van der Waals surface area contributed by atoms with Gasteiger partial charge in [0, 0.05) is 6.04 Å². The van der Waals surface area contributed by atoms with Crippen LogP contribution in [0.2, 0.25) is 0 Å². The minimum atomic E-state index is -1.15. The van der Waals surface area contributed by atoms with E-state index in [0.29, 0.717) is 0 Å². The number of hydrogen-bond donors (Lipinski definition) is 2. The predicted octanol–water partition coefficient (Wildman–Crippen LogP) is 0.672. The summed E-state index contributed by atoms with van der Waals surface area (Å²) in [4.78, 5) is 11.4. The van der Waals surface area contributed by atoms with Crippen molar-refractivity contribution in [3.8, 4) is 0 Å². The molecule has 0 aromatic carbocycles. The SMILES string of the molecule is CC(C)NC(=O)C(C)(O)C1CC1. The maximum absolute atomic E-state index is 11.4. The van der Waals surface area contributed by atoms with Gasteiger partial charge < -0.3 is 10.4 Å². The van der Waals surface area contributed by atoms with E-state index in [9.17, 15) is 9.90 Å². The zero-order valence-corrected chi connectivity index (χ0v) is 7.92. The molecule has 0 bridgehead atoms. The summed E-state index contributed by atoms with van der Waals surface area (Å²) < 4.78 is 0. The fraction of sp³-hybridized carbons (Fsp3) is 0.889. The molecule has 1 unspecified atom stereocenters. The molecule has 1 aliphatic carbocycles. The van der Waals surface area contributed by atoms with E-state index in [1.165, 1.54) is 0 Å². The normalized spacial score (nSPS) is 22.1. The van der Waals surface area contributed by atoms with Gasteiger partial charge in [-0.3, -0.25) is 4.79 Å². The molecule has 1 atom stereocenters. The van der Waals surface area contributed by atoms with Gasteiger partial charge in [-0.15, -0.1) is 0 Å². The number of rotatable bonds is 3. The molecule has 2 N–H and O–H groups in total. The van der Waals surface area contributed by atoms with Gasteiger partial charge in [-0.05, 0) is 39.5 Å². The smallest absolute Gasteiger partial charge is 0.252 e. The summed E-state index contributed by atoms with van der Waals surface area (Å²) in [6, 6.07) is 0.0997. The summed E-state index contributed by atoms with van der Waals surface area (Å²) in [5.74, 6) is -0.0590. The molecule has 1 saturated carbocycles. The lowest BCUT2D eigenvalue weighted by Crippen LogP contribution is -2.48. The molecule has 0 radical (unpaired) electrons. The molecule has 1 amide bonds. The maximum Gasteiger partial charge on any atom is 0.252 e. The summed E-state index contributed by atoms with van der Waals surface area (Å²) in [7, 11) is 0. The number of aliphatic hydroxyl groups is 1. The first-order valence-electron chi connectivity index (χ1n) is 4.48. The number of amides is 1. The average molecular weight is 171 g/mol. The minimum Gasteiger partial charge on any atom is -0.380 e. The molecule has 0 heterocycles. The molecule has 0 aromatic heterocycles. The van der Waals surface area contributed by atoms with E-state index in [0.717, 1.165) is 12.8 Å². The second-order valence-corrected chi connectivity index (χ2v) is 4.05. The molecule has 1 aliphatic rings. The number of hydrogen-bond acceptors (Lipinski definition) is 2. The van der Waals surface area contributed by atoms with Crippen LogP contribution in [0.15, 0.2) is 0 Å². The quantitative estimate of drug-likeness (QED) is 0.655. The zero-order valence-electron chi connectivity index (χ0n) is 7.92. The van der Waals surface area contributed by atoms with Gasteiger partial charge in [0.25, 0.3) is 5.91 Å². The third kappa shape index (κ3) is 1.97. The van der Waals surface area contributed by atoms with E-state index in [-0.39, 0.29) is 17.9 Å². The Morgan fingerprint density at radius 2 is 2.08 bits per heavy atom.